The van der Waals surface area contributed by atoms with E-state index in [1.807, 2.05) is 6.26 Å². The Morgan fingerprint density at radius 1 is 1.24 bits per heavy atom. The number of carboxylic acid groups (broad SMARTS) is 1. The van der Waals surface area contributed by atoms with Crippen molar-refractivity contribution >= 4 is 35.2 Å². The fraction of sp³-hybridized carbons (Fsp3) is 0.357. The number of nitrogens with one attached hydrogen (secondary N) is 2. The van der Waals surface area contributed by atoms with Gasteiger partial charge >= 0.3 is 5.97 Å². The van der Waals surface area contributed by atoms with Crippen molar-refractivity contribution in [1.82, 2.24) is 5.32 Å². The first-order chi connectivity index (χ1) is 9.93. The van der Waals surface area contributed by atoms with Gasteiger partial charge in [0.15, 0.2) is 0 Å². The SMILES string of the molecule is CSCCC(NC(=O)c1ccc(NC(C)=O)cc1)C(=O)O. The van der Waals surface area contributed by atoms with E-state index in [2.05, 4.69) is 10.6 Å². The van der Waals surface area contributed by atoms with E-state index in [4.69, 9.17) is 5.11 Å². The van der Waals surface area contributed by atoms with Crippen molar-refractivity contribution in [2.45, 2.75) is 19.4 Å². The molecule has 7 heteroatoms. The third-order valence-electron chi connectivity index (χ3n) is 2.68. The number of thioether (sulfide) groups is 1. The molecule has 1 rings (SSSR count). The quantitative estimate of drug-likeness (QED) is 0.710. The van der Waals surface area contributed by atoms with Crippen molar-refractivity contribution in [2.24, 2.45) is 0 Å². The Labute approximate surface area is 127 Å². The zero-order chi connectivity index (χ0) is 15.8. The number of benzene rings is 1. The highest BCUT2D eigenvalue weighted by Crippen LogP contribution is 2.10. The molecule has 114 valence electrons. The first kappa shape index (κ1) is 17.0. The Kier molecular flexibility index (Phi) is 6.74. The first-order valence-electron chi connectivity index (χ1n) is 6.34. The van der Waals surface area contributed by atoms with Crippen LogP contribution in [-0.4, -0.2) is 40.9 Å². The number of amides is 2. The molecule has 1 unspecified atom stereocenters. The van der Waals surface area contributed by atoms with E-state index in [-0.39, 0.29) is 5.91 Å². The van der Waals surface area contributed by atoms with Crippen LogP contribution in [0.25, 0.3) is 0 Å². The lowest BCUT2D eigenvalue weighted by atomic mass is 10.1. The molecule has 0 aliphatic heterocycles. The molecule has 0 spiro atoms. The number of carboxylic acids is 1. The maximum atomic E-state index is 12.0. The van der Waals surface area contributed by atoms with Gasteiger partial charge in [0.25, 0.3) is 5.91 Å². The van der Waals surface area contributed by atoms with Crippen molar-refractivity contribution < 1.29 is 19.5 Å². The van der Waals surface area contributed by atoms with E-state index < -0.39 is 17.9 Å². The molecule has 1 aromatic carbocycles. The average molecular weight is 310 g/mol. The predicted octanol–water partition coefficient (Wildman–Crippen LogP) is 1.58. The van der Waals surface area contributed by atoms with Crippen LogP contribution < -0.4 is 10.6 Å². The van der Waals surface area contributed by atoms with Gasteiger partial charge < -0.3 is 15.7 Å². The molecule has 1 atom stereocenters. The minimum absolute atomic E-state index is 0.199. The second-order valence-corrected chi connectivity index (χ2v) is 5.39. The number of carbonyl (C=O) groups is 3. The molecule has 0 saturated heterocycles. The summed E-state index contributed by atoms with van der Waals surface area (Å²) in [6.45, 7) is 1.39. The number of rotatable bonds is 7. The minimum Gasteiger partial charge on any atom is -0.480 e. The normalized spacial score (nSPS) is 11.5. The van der Waals surface area contributed by atoms with Crippen LogP contribution in [0.3, 0.4) is 0 Å². The summed E-state index contributed by atoms with van der Waals surface area (Å²) in [6, 6.07) is 5.35. The number of anilines is 1. The van der Waals surface area contributed by atoms with Gasteiger partial charge in [0.1, 0.15) is 6.04 Å². The molecule has 6 nitrogen and oxygen atoms in total. The van der Waals surface area contributed by atoms with Crippen LogP contribution in [0.15, 0.2) is 24.3 Å². The molecule has 0 aliphatic rings. The standard InChI is InChI=1S/C14H18N2O4S/c1-9(17)15-11-5-3-10(4-6-11)13(18)16-12(14(19)20)7-8-21-2/h3-6,12H,7-8H2,1-2H3,(H,15,17)(H,16,18)(H,19,20). The molecule has 2 amide bonds. The van der Waals surface area contributed by atoms with Gasteiger partial charge in [-0.1, -0.05) is 0 Å². The second-order valence-electron chi connectivity index (χ2n) is 4.40. The molecule has 0 aliphatic carbocycles. The van der Waals surface area contributed by atoms with Gasteiger partial charge in [-0.05, 0) is 42.7 Å². The molecule has 0 bridgehead atoms. The van der Waals surface area contributed by atoms with Gasteiger partial charge in [-0.25, -0.2) is 4.79 Å². The first-order valence-corrected chi connectivity index (χ1v) is 7.73. The summed E-state index contributed by atoms with van der Waals surface area (Å²) in [5.41, 5.74) is 0.927. The topological polar surface area (TPSA) is 95.5 Å². The van der Waals surface area contributed by atoms with Crippen LogP contribution in [-0.2, 0) is 9.59 Å². The minimum atomic E-state index is -1.05. The highest BCUT2D eigenvalue weighted by Gasteiger charge is 2.20. The Hall–Kier alpha value is -2.02. The van der Waals surface area contributed by atoms with E-state index >= 15 is 0 Å². The van der Waals surface area contributed by atoms with Crippen molar-refractivity contribution in [1.29, 1.82) is 0 Å². The van der Waals surface area contributed by atoms with E-state index in [0.717, 1.165) is 0 Å². The van der Waals surface area contributed by atoms with Crippen molar-refractivity contribution in [3.63, 3.8) is 0 Å². The maximum Gasteiger partial charge on any atom is 0.326 e. The van der Waals surface area contributed by atoms with Gasteiger partial charge in [-0.2, -0.15) is 11.8 Å². The Balaban J connectivity index is 2.69. The zero-order valence-corrected chi connectivity index (χ0v) is 12.7. The van der Waals surface area contributed by atoms with Gasteiger partial charge in [-0.15, -0.1) is 0 Å². The molecule has 3 N–H and O–H groups in total. The fourth-order valence-electron chi connectivity index (χ4n) is 1.64. The Morgan fingerprint density at radius 2 is 1.86 bits per heavy atom. The Morgan fingerprint density at radius 3 is 2.33 bits per heavy atom. The van der Waals surface area contributed by atoms with Crippen molar-refractivity contribution in [3.05, 3.63) is 29.8 Å². The summed E-state index contributed by atoms with van der Waals surface area (Å²) < 4.78 is 0. The fourth-order valence-corrected chi connectivity index (χ4v) is 2.11. The summed E-state index contributed by atoms with van der Waals surface area (Å²) in [4.78, 5) is 34.0. The monoisotopic (exact) mass is 310 g/mol. The van der Waals surface area contributed by atoms with Crippen LogP contribution in [0.1, 0.15) is 23.7 Å². The summed E-state index contributed by atoms with van der Waals surface area (Å²) in [5.74, 6) is -1.04. The molecule has 1 aromatic rings. The maximum absolute atomic E-state index is 12.0. The lowest BCUT2D eigenvalue weighted by molar-refractivity contribution is -0.139. The summed E-state index contributed by atoms with van der Waals surface area (Å²) in [5, 5.41) is 14.1. The van der Waals surface area contributed by atoms with Crippen molar-refractivity contribution in [3.8, 4) is 0 Å². The number of hydrogen-bond donors (Lipinski definition) is 3. The third kappa shape index (κ3) is 5.86. The van der Waals surface area contributed by atoms with Crippen LogP contribution in [0.2, 0.25) is 0 Å². The third-order valence-corrected chi connectivity index (χ3v) is 3.33. The molecule has 0 saturated carbocycles. The van der Waals surface area contributed by atoms with Gasteiger partial charge in [-0.3, -0.25) is 9.59 Å². The number of carbonyl (C=O) groups excluding carboxylic acids is 2. The van der Waals surface area contributed by atoms with Gasteiger partial charge in [0, 0.05) is 18.2 Å². The summed E-state index contributed by atoms with van der Waals surface area (Å²) >= 11 is 1.52. The molecule has 0 aromatic heterocycles. The van der Waals surface area contributed by atoms with Crippen LogP contribution in [0, 0.1) is 0 Å². The summed E-state index contributed by atoms with van der Waals surface area (Å²) in [7, 11) is 0. The van der Waals surface area contributed by atoms with Crippen LogP contribution in [0.5, 0.6) is 0 Å². The van der Waals surface area contributed by atoms with Gasteiger partial charge in [0.2, 0.25) is 5.91 Å². The van der Waals surface area contributed by atoms with E-state index in [1.54, 1.807) is 12.1 Å². The second kappa shape index (κ2) is 8.31. The number of hydrogen-bond acceptors (Lipinski definition) is 4. The van der Waals surface area contributed by atoms with E-state index in [9.17, 15) is 14.4 Å². The van der Waals surface area contributed by atoms with Crippen molar-refractivity contribution in [2.75, 3.05) is 17.3 Å². The lowest BCUT2D eigenvalue weighted by Gasteiger charge is -2.14. The molecule has 0 heterocycles. The predicted molar refractivity (Wildman–Crippen MR) is 82.6 cm³/mol. The molecule has 0 radical (unpaired) electrons. The molecule has 21 heavy (non-hydrogen) atoms. The van der Waals surface area contributed by atoms with Gasteiger partial charge in [0.05, 0.1) is 0 Å². The number of aliphatic carboxylic acids is 1. The largest absolute Gasteiger partial charge is 0.480 e. The lowest BCUT2D eigenvalue weighted by Crippen LogP contribution is -2.41. The highest BCUT2D eigenvalue weighted by atomic mass is 32.2. The molecular formula is C14H18N2O4S. The smallest absolute Gasteiger partial charge is 0.326 e. The molecule has 0 fully saturated rings. The van der Waals surface area contributed by atoms with E-state index in [1.165, 1.54) is 30.8 Å². The molecular weight excluding hydrogens is 292 g/mol. The van der Waals surface area contributed by atoms with Crippen LogP contribution >= 0.6 is 11.8 Å². The van der Waals surface area contributed by atoms with E-state index in [0.29, 0.717) is 23.4 Å². The zero-order valence-electron chi connectivity index (χ0n) is 11.9. The highest BCUT2D eigenvalue weighted by molar-refractivity contribution is 7.98. The summed E-state index contributed by atoms with van der Waals surface area (Å²) in [6.07, 6.45) is 2.24. The van der Waals surface area contributed by atoms with Crippen LogP contribution in [0.4, 0.5) is 5.69 Å². The average Bonchev–Trinajstić information content (AvgIpc) is 2.43. The Bertz CT molecular complexity index is 516.